The third kappa shape index (κ3) is 2.38. The van der Waals surface area contributed by atoms with Crippen molar-refractivity contribution in [2.24, 2.45) is 5.73 Å². The molecule has 1 heterocycles. The lowest BCUT2D eigenvalue weighted by Crippen LogP contribution is -2.10. The molecule has 0 saturated carbocycles. The molecule has 0 spiro atoms. The standard InChI is InChI=1S/C12H8ClNO2S/c13-7-1-3-9(12(14)17)10(5-7)11-4-2-8(6-15)16-11/h1-6H,(H2,14,17). The summed E-state index contributed by atoms with van der Waals surface area (Å²) in [6.45, 7) is 0. The van der Waals surface area contributed by atoms with Gasteiger partial charge in [0.05, 0.1) is 0 Å². The molecule has 1 aromatic heterocycles. The fourth-order valence-electron chi connectivity index (χ4n) is 1.50. The number of hydrogen-bond donors (Lipinski definition) is 1. The summed E-state index contributed by atoms with van der Waals surface area (Å²) in [5.41, 5.74) is 6.96. The molecule has 0 aliphatic carbocycles. The lowest BCUT2D eigenvalue weighted by atomic mass is 10.1. The number of furan rings is 1. The van der Waals surface area contributed by atoms with E-state index in [-0.39, 0.29) is 10.7 Å². The van der Waals surface area contributed by atoms with Crippen LogP contribution in [0.5, 0.6) is 0 Å². The number of carbonyl (C=O) groups excluding carboxylic acids is 1. The van der Waals surface area contributed by atoms with Crippen molar-refractivity contribution in [3.05, 3.63) is 46.7 Å². The van der Waals surface area contributed by atoms with Crippen LogP contribution in [-0.2, 0) is 0 Å². The summed E-state index contributed by atoms with van der Waals surface area (Å²) in [4.78, 5) is 10.8. The Morgan fingerprint density at radius 2 is 2.12 bits per heavy atom. The summed E-state index contributed by atoms with van der Waals surface area (Å²) >= 11 is 10.9. The van der Waals surface area contributed by atoms with Gasteiger partial charge in [0.15, 0.2) is 12.0 Å². The second-order valence-corrected chi connectivity index (χ2v) is 4.25. The van der Waals surface area contributed by atoms with E-state index in [9.17, 15) is 4.79 Å². The molecule has 0 aliphatic heterocycles. The molecule has 2 N–H and O–H groups in total. The minimum Gasteiger partial charge on any atom is -0.453 e. The first kappa shape index (κ1) is 11.8. The summed E-state index contributed by atoms with van der Waals surface area (Å²) in [5, 5.41) is 0.545. The molecule has 0 amide bonds. The zero-order valence-electron chi connectivity index (χ0n) is 8.64. The third-order valence-electron chi connectivity index (χ3n) is 2.26. The highest BCUT2D eigenvalue weighted by Crippen LogP contribution is 2.28. The summed E-state index contributed by atoms with van der Waals surface area (Å²) in [6, 6.07) is 8.37. The Morgan fingerprint density at radius 1 is 1.35 bits per heavy atom. The van der Waals surface area contributed by atoms with E-state index in [4.69, 9.17) is 34.0 Å². The van der Waals surface area contributed by atoms with Crippen molar-refractivity contribution in [1.29, 1.82) is 0 Å². The molecule has 0 unspecified atom stereocenters. The zero-order valence-corrected chi connectivity index (χ0v) is 10.2. The number of rotatable bonds is 3. The Kier molecular flexibility index (Phi) is 3.26. The van der Waals surface area contributed by atoms with Crippen LogP contribution >= 0.6 is 23.8 Å². The number of aldehydes is 1. The Hall–Kier alpha value is -1.65. The predicted molar refractivity (Wildman–Crippen MR) is 70.4 cm³/mol. The van der Waals surface area contributed by atoms with E-state index in [0.29, 0.717) is 28.2 Å². The molecular formula is C12H8ClNO2S. The normalized spacial score (nSPS) is 10.2. The first-order valence-corrected chi connectivity index (χ1v) is 5.55. The maximum atomic E-state index is 10.6. The van der Waals surface area contributed by atoms with E-state index >= 15 is 0 Å². The van der Waals surface area contributed by atoms with Crippen LogP contribution < -0.4 is 5.73 Å². The molecule has 86 valence electrons. The molecule has 0 fully saturated rings. The van der Waals surface area contributed by atoms with Gasteiger partial charge in [-0.2, -0.15) is 0 Å². The third-order valence-corrected chi connectivity index (χ3v) is 2.71. The number of benzene rings is 1. The molecule has 0 bridgehead atoms. The van der Waals surface area contributed by atoms with Gasteiger partial charge in [-0.3, -0.25) is 4.79 Å². The average Bonchev–Trinajstić information content (AvgIpc) is 2.76. The highest BCUT2D eigenvalue weighted by molar-refractivity contribution is 7.80. The fraction of sp³-hybridized carbons (Fsp3) is 0. The smallest absolute Gasteiger partial charge is 0.185 e. The Labute approximate surface area is 108 Å². The summed E-state index contributed by atoms with van der Waals surface area (Å²) in [7, 11) is 0. The Morgan fingerprint density at radius 3 is 2.71 bits per heavy atom. The van der Waals surface area contributed by atoms with E-state index in [1.807, 2.05) is 0 Å². The van der Waals surface area contributed by atoms with Crippen molar-refractivity contribution in [3.63, 3.8) is 0 Å². The largest absolute Gasteiger partial charge is 0.453 e. The molecule has 0 saturated heterocycles. The van der Waals surface area contributed by atoms with E-state index in [1.54, 1.807) is 30.3 Å². The first-order chi connectivity index (χ1) is 8.11. The molecular weight excluding hydrogens is 258 g/mol. The van der Waals surface area contributed by atoms with Gasteiger partial charge in [0.25, 0.3) is 0 Å². The van der Waals surface area contributed by atoms with E-state index in [0.717, 1.165) is 0 Å². The van der Waals surface area contributed by atoms with Gasteiger partial charge in [-0.15, -0.1) is 0 Å². The average molecular weight is 266 g/mol. The van der Waals surface area contributed by atoms with E-state index in [2.05, 4.69) is 0 Å². The van der Waals surface area contributed by atoms with Gasteiger partial charge in [0.2, 0.25) is 0 Å². The lowest BCUT2D eigenvalue weighted by molar-refractivity contribution is 0.110. The van der Waals surface area contributed by atoms with Crippen LogP contribution in [0.25, 0.3) is 11.3 Å². The van der Waals surface area contributed by atoms with Gasteiger partial charge in [-0.05, 0) is 30.3 Å². The summed E-state index contributed by atoms with van der Waals surface area (Å²) in [5.74, 6) is 0.756. The van der Waals surface area contributed by atoms with Gasteiger partial charge in [0.1, 0.15) is 10.7 Å². The van der Waals surface area contributed by atoms with E-state index < -0.39 is 0 Å². The van der Waals surface area contributed by atoms with Crippen molar-refractivity contribution in [2.45, 2.75) is 0 Å². The van der Waals surface area contributed by atoms with Crippen LogP contribution in [0.3, 0.4) is 0 Å². The number of thiocarbonyl (C=S) groups is 1. The highest BCUT2D eigenvalue weighted by atomic mass is 35.5. The van der Waals surface area contributed by atoms with Crippen molar-refractivity contribution < 1.29 is 9.21 Å². The minimum atomic E-state index is 0.244. The van der Waals surface area contributed by atoms with Crippen molar-refractivity contribution in [2.75, 3.05) is 0 Å². The second-order valence-electron chi connectivity index (χ2n) is 3.37. The maximum absolute atomic E-state index is 10.6. The van der Waals surface area contributed by atoms with Crippen molar-refractivity contribution in [1.82, 2.24) is 0 Å². The summed E-state index contributed by atoms with van der Waals surface area (Å²) in [6.07, 6.45) is 0.633. The van der Waals surface area contributed by atoms with Crippen molar-refractivity contribution >= 4 is 35.1 Å². The predicted octanol–water partition coefficient (Wildman–Crippen LogP) is 3.05. The molecule has 0 radical (unpaired) electrons. The van der Waals surface area contributed by atoms with Crippen LogP contribution in [0.15, 0.2) is 34.7 Å². The topological polar surface area (TPSA) is 56.2 Å². The van der Waals surface area contributed by atoms with Crippen LogP contribution in [0, 0.1) is 0 Å². The van der Waals surface area contributed by atoms with E-state index in [1.165, 1.54) is 0 Å². The van der Waals surface area contributed by atoms with Gasteiger partial charge in [-0.1, -0.05) is 23.8 Å². The first-order valence-electron chi connectivity index (χ1n) is 4.76. The van der Waals surface area contributed by atoms with Crippen LogP contribution in [0.2, 0.25) is 5.02 Å². The number of hydrogen-bond acceptors (Lipinski definition) is 3. The lowest BCUT2D eigenvalue weighted by Gasteiger charge is -2.06. The molecule has 3 nitrogen and oxygen atoms in total. The van der Waals surface area contributed by atoms with Crippen LogP contribution in [-0.4, -0.2) is 11.3 Å². The van der Waals surface area contributed by atoms with Gasteiger partial charge in [-0.25, -0.2) is 0 Å². The van der Waals surface area contributed by atoms with Gasteiger partial charge < -0.3 is 10.2 Å². The SMILES string of the molecule is NC(=S)c1ccc(Cl)cc1-c1ccc(C=O)o1. The zero-order chi connectivity index (χ0) is 12.4. The number of halogens is 1. The highest BCUT2D eigenvalue weighted by Gasteiger charge is 2.12. The Balaban J connectivity index is 2.60. The molecule has 0 atom stereocenters. The van der Waals surface area contributed by atoms with Gasteiger partial charge in [0, 0.05) is 16.1 Å². The Bertz CT molecular complexity index is 592. The number of carbonyl (C=O) groups is 1. The molecule has 0 aliphatic rings. The molecule has 2 rings (SSSR count). The van der Waals surface area contributed by atoms with Crippen LogP contribution in [0.1, 0.15) is 16.1 Å². The maximum Gasteiger partial charge on any atom is 0.185 e. The van der Waals surface area contributed by atoms with Gasteiger partial charge >= 0.3 is 0 Å². The van der Waals surface area contributed by atoms with Crippen molar-refractivity contribution in [3.8, 4) is 11.3 Å². The number of nitrogens with two attached hydrogens (primary N) is 1. The fourth-order valence-corrected chi connectivity index (χ4v) is 1.85. The molecule has 5 heteroatoms. The molecule has 17 heavy (non-hydrogen) atoms. The minimum absolute atomic E-state index is 0.244. The summed E-state index contributed by atoms with van der Waals surface area (Å²) < 4.78 is 5.32. The monoisotopic (exact) mass is 265 g/mol. The quantitative estimate of drug-likeness (QED) is 0.685. The molecule has 2 aromatic rings. The van der Waals surface area contributed by atoms with Crippen LogP contribution in [0.4, 0.5) is 0 Å². The second kappa shape index (κ2) is 4.69. The molecule has 1 aromatic carbocycles.